The van der Waals surface area contributed by atoms with Crippen molar-refractivity contribution in [3.63, 3.8) is 0 Å². The van der Waals surface area contributed by atoms with E-state index >= 15 is 0 Å². The summed E-state index contributed by atoms with van der Waals surface area (Å²) in [7, 11) is 0. The van der Waals surface area contributed by atoms with Crippen molar-refractivity contribution in [1.82, 2.24) is 14.9 Å². The van der Waals surface area contributed by atoms with Crippen LogP contribution in [0.25, 0.3) is 5.69 Å². The summed E-state index contributed by atoms with van der Waals surface area (Å²) >= 11 is 0. The zero-order valence-electron chi connectivity index (χ0n) is 10.4. The fourth-order valence-corrected chi connectivity index (χ4v) is 1.81. The standard InChI is InChI=1S/C14H19N3/c1-12(2)9-16-10-13-5-3-4-6-14(13)17-8-7-15-11-17/h3-8,11-12,16H,9-10H2,1-2H3. The molecule has 0 saturated carbocycles. The SMILES string of the molecule is CC(C)CNCc1ccccc1-n1ccnc1. The monoisotopic (exact) mass is 229 g/mol. The van der Waals surface area contributed by atoms with E-state index in [2.05, 4.69) is 48.4 Å². The lowest BCUT2D eigenvalue weighted by Gasteiger charge is -2.12. The van der Waals surface area contributed by atoms with E-state index in [0.29, 0.717) is 5.92 Å². The van der Waals surface area contributed by atoms with Gasteiger partial charge in [0.2, 0.25) is 0 Å². The van der Waals surface area contributed by atoms with Crippen molar-refractivity contribution in [2.24, 2.45) is 5.92 Å². The van der Waals surface area contributed by atoms with Gasteiger partial charge in [-0.05, 0) is 24.1 Å². The van der Waals surface area contributed by atoms with Crippen LogP contribution in [-0.2, 0) is 6.54 Å². The largest absolute Gasteiger partial charge is 0.312 e. The molecule has 2 aromatic rings. The summed E-state index contributed by atoms with van der Waals surface area (Å²) < 4.78 is 2.05. The number of benzene rings is 1. The number of hydrogen-bond donors (Lipinski definition) is 1. The highest BCUT2D eigenvalue weighted by Gasteiger charge is 2.03. The third-order valence-corrected chi connectivity index (χ3v) is 2.64. The summed E-state index contributed by atoms with van der Waals surface area (Å²) in [6.07, 6.45) is 5.61. The maximum atomic E-state index is 4.09. The third-order valence-electron chi connectivity index (χ3n) is 2.64. The van der Waals surface area contributed by atoms with Crippen LogP contribution in [0, 0.1) is 5.92 Å². The predicted molar refractivity (Wildman–Crippen MR) is 70.1 cm³/mol. The highest BCUT2D eigenvalue weighted by molar-refractivity contribution is 5.40. The summed E-state index contributed by atoms with van der Waals surface area (Å²) in [5.41, 5.74) is 2.49. The second kappa shape index (κ2) is 5.64. The van der Waals surface area contributed by atoms with E-state index in [1.54, 1.807) is 6.20 Å². The van der Waals surface area contributed by atoms with Crippen LogP contribution in [0.5, 0.6) is 0 Å². The Morgan fingerprint density at radius 3 is 2.82 bits per heavy atom. The molecule has 0 unspecified atom stereocenters. The molecule has 2 rings (SSSR count). The Morgan fingerprint density at radius 1 is 1.29 bits per heavy atom. The van der Waals surface area contributed by atoms with Crippen molar-refractivity contribution < 1.29 is 0 Å². The average molecular weight is 229 g/mol. The summed E-state index contributed by atoms with van der Waals surface area (Å²) in [6.45, 7) is 6.37. The third kappa shape index (κ3) is 3.17. The molecule has 0 atom stereocenters. The fraction of sp³-hybridized carbons (Fsp3) is 0.357. The van der Waals surface area contributed by atoms with Crippen LogP contribution >= 0.6 is 0 Å². The molecule has 1 N–H and O–H groups in total. The van der Waals surface area contributed by atoms with E-state index in [1.165, 1.54) is 11.3 Å². The number of rotatable bonds is 5. The molecular weight excluding hydrogens is 210 g/mol. The lowest BCUT2D eigenvalue weighted by atomic mass is 10.1. The Kier molecular flexibility index (Phi) is 3.94. The van der Waals surface area contributed by atoms with Crippen LogP contribution in [0.1, 0.15) is 19.4 Å². The summed E-state index contributed by atoms with van der Waals surface area (Å²) in [6, 6.07) is 8.41. The van der Waals surface area contributed by atoms with Crippen molar-refractivity contribution in [1.29, 1.82) is 0 Å². The predicted octanol–water partition coefficient (Wildman–Crippen LogP) is 2.62. The maximum Gasteiger partial charge on any atom is 0.0991 e. The summed E-state index contributed by atoms with van der Waals surface area (Å²) in [4.78, 5) is 4.09. The van der Waals surface area contributed by atoms with Gasteiger partial charge in [-0.3, -0.25) is 0 Å². The number of nitrogens with zero attached hydrogens (tertiary/aromatic N) is 2. The molecule has 0 aliphatic heterocycles. The molecule has 0 aliphatic carbocycles. The number of hydrogen-bond acceptors (Lipinski definition) is 2. The maximum absolute atomic E-state index is 4.09. The van der Waals surface area contributed by atoms with Crippen molar-refractivity contribution in [3.8, 4) is 5.69 Å². The molecule has 1 aromatic heterocycles. The molecule has 1 aromatic carbocycles. The van der Waals surface area contributed by atoms with Crippen LogP contribution in [-0.4, -0.2) is 16.1 Å². The Labute approximate surface area is 103 Å². The van der Waals surface area contributed by atoms with E-state index < -0.39 is 0 Å². The van der Waals surface area contributed by atoms with Gasteiger partial charge in [-0.2, -0.15) is 0 Å². The van der Waals surface area contributed by atoms with E-state index in [9.17, 15) is 0 Å². The molecule has 0 bridgehead atoms. The summed E-state index contributed by atoms with van der Waals surface area (Å²) in [5, 5.41) is 3.47. The Bertz CT molecular complexity index is 446. The Hall–Kier alpha value is -1.61. The number of aromatic nitrogens is 2. The second-order valence-corrected chi connectivity index (χ2v) is 4.62. The first-order valence-corrected chi connectivity index (χ1v) is 6.04. The molecule has 17 heavy (non-hydrogen) atoms. The van der Waals surface area contributed by atoms with E-state index in [4.69, 9.17) is 0 Å². The van der Waals surface area contributed by atoms with Gasteiger partial charge >= 0.3 is 0 Å². The Balaban J connectivity index is 2.11. The van der Waals surface area contributed by atoms with Crippen LogP contribution in [0.3, 0.4) is 0 Å². The Morgan fingerprint density at radius 2 is 2.12 bits per heavy atom. The van der Waals surface area contributed by atoms with Crippen LogP contribution < -0.4 is 5.32 Å². The molecular formula is C14H19N3. The van der Waals surface area contributed by atoms with E-state index in [1.807, 2.05) is 17.1 Å². The van der Waals surface area contributed by atoms with Crippen LogP contribution in [0.15, 0.2) is 43.0 Å². The van der Waals surface area contributed by atoms with Gasteiger partial charge in [0.05, 0.1) is 12.0 Å². The van der Waals surface area contributed by atoms with Crippen molar-refractivity contribution in [3.05, 3.63) is 48.5 Å². The summed E-state index contributed by atoms with van der Waals surface area (Å²) in [5.74, 6) is 0.676. The molecule has 0 spiro atoms. The van der Waals surface area contributed by atoms with Crippen LogP contribution in [0.2, 0.25) is 0 Å². The zero-order chi connectivity index (χ0) is 12.1. The van der Waals surface area contributed by atoms with Gasteiger partial charge in [0.1, 0.15) is 0 Å². The van der Waals surface area contributed by atoms with Gasteiger partial charge in [0.15, 0.2) is 0 Å². The van der Waals surface area contributed by atoms with E-state index in [0.717, 1.165) is 13.1 Å². The van der Waals surface area contributed by atoms with Crippen molar-refractivity contribution in [2.75, 3.05) is 6.54 Å². The molecule has 1 heterocycles. The molecule has 90 valence electrons. The minimum atomic E-state index is 0.676. The van der Waals surface area contributed by atoms with Crippen LogP contribution in [0.4, 0.5) is 0 Å². The lowest BCUT2D eigenvalue weighted by molar-refractivity contribution is 0.551. The highest BCUT2D eigenvalue weighted by Crippen LogP contribution is 2.13. The molecule has 0 saturated heterocycles. The average Bonchev–Trinajstić information content (AvgIpc) is 2.82. The van der Waals surface area contributed by atoms with E-state index in [-0.39, 0.29) is 0 Å². The first kappa shape index (κ1) is 11.9. The minimum Gasteiger partial charge on any atom is -0.312 e. The lowest BCUT2D eigenvalue weighted by Crippen LogP contribution is -2.19. The van der Waals surface area contributed by atoms with Gasteiger partial charge in [-0.1, -0.05) is 32.0 Å². The van der Waals surface area contributed by atoms with Gasteiger partial charge < -0.3 is 9.88 Å². The van der Waals surface area contributed by atoms with Gasteiger partial charge in [-0.15, -0.1) is 0 Å². The molecule has 0 radical (unpaired) electrons. The fourth-order valence-electron chi connectivity index (χ4n) is 1.81. The number of imidazole rings is 1. The minimum absolute atomic E-state index is 0.676. The van der Waals surface area contributed by atoms with Gasteiger partial charge in [0.25, 0.3) is 0 Å². The zero-order valence-corrected chi connectivity index (χ0v) is 10.4. The molecule has 0 amide bonds. The molecule has 3 nitrogen and oxygen atoms in total. The molecule has 0 aliphatic rings. The van der Waals surface area contributed by atoms with Gasteiger partial charge in [0, 0.05) is 18.9 Å². The first-order valence-electron chi connectivity index (χ1n) is 6.04. The second-order valence-electron chi connectivity index (χ2n) is 4.62. The molecule has 3 heteroatoms. The quantitative estimate of drug-likeness (QED) is 0.854. The number of nitrogens with one attached hydrogen (secondary N) is 1. The normalized spacial score (nSPS) is 11.0. The molecule has 0 fully saturated rings. The topological polar surface area (TPSA) is 29.9 Å². The first-order chi connectivity index (χ1) is 8.27. The number of para-hydroxylation sites is 1. The van der Waals surface area contributed by atoms with Gasteiger partial charge in [-0.25, -0.2) is 4.98 Å². The highest BCUT2D eigenvalue weighted by atomic mass is 15.0. The van der Waals surface area contributed by atoms with Crippen molar-refractivity contribution in [2.45, 2.75) is 20.4 Å². The van der Waals surface area contributed by atoms with Crippen molar-refractivity contribution >= 4 is 0 Å². The smallest absolute Gasteiger partial charge is 0.0991 e.